The summed E-state index contributed by atoms with van der Waals surface area (Å²) in [6, 6.07) is 13.2. The summed E-state index contributed by atoms with van der Waals surface area (Å²) in [5.74, 6) is -0.117. The van der Waals surface area contributed by atoms with Crippen LogP contribution in [0.15, 0.2) is 52.4 Å². The van der Waals surface area contributed by atoms with Gasteiger partial charge in [0, 0.05) is 11.6 Å². The summed E-state index contributed by atoms with van der Waals surface area (Å²) in [6.45, 7) is 0. The third kappa shape index (κ3) is 2.52. The highest BCUT2D eigenvalue weighted by Gasteiger charge is 2.10. The van der Waals surface area contributed by atoms with Crippen LogP contribution in [0.5, 0.6) is 0 Å². The Bertz CT molecular complexity index is 749. The standard InChI is InChI=1S/C14H9BrN2OS/c15-12-7-6-11(19-12)14(18)17-10-5-1-3-9-4-2-8-16-13(9)10/h1-8H,(H,17,18). The second-order valence-corrected chi connectivity index (χ2v) is 6.40. The summed E-state index contributed by atoms with van der Waals surface area (Å²) in [4.78, 5) is 17.1. The number of para-hydroxylation sites is 1. The molecule has 0 bridgehead atoms. The molecule has 2 heterocycles. The first kappa shape index (κ1) is 12.3. The Morgan fingerprint density at radius 2 is 2.00 bits per heavy atom. The number of amides is 1. The fourth-order valence-electron chi connectivity index (χ4n) is 1.83. The van der Waals surface area contributed by atoms with Gasteiger partial charge < -0.3 is 5.32 Å². The molecule has 0 unspecified atom stereocenters. The molecular formula is C14H9BrN2OS. The fraction of sp³-hybridized carbons (Fsp3) is 0. The van der Waals surface area contributed by atoms with Gasteiger partial charge in [-0.2, -0.15) is 0 Å². The molecule has 0 aliphatic rings. The molecule has 3 rings (SSSR count). The molecule has 3 aromatic rings. The molecule has 1 aromatic carbocycles. The van der Waals surface area contributed by atoms with Crippen molar-refractivity contribution in [3.63, 3.8) is 0 Å². The molecule has 0 fully saturated rings. The van der Waals surface area contributed by atoms with Crippen molar-refractivity contribution >= 4 is 49.8 Å². The Morgan fingerprint density at radius 3 is 2.79 bits per heavy atom. The van der Waals surface area contributed by atoms with E-state index >= 15 is 0 Å². The van der Waals surface area contributed by atoms with Crippen molar-refractivity contribution in [1.29, 1.82) is 0 Å². The normalized spacial score (nSPS) is 10.6. The van der Waals surface area contributed by atoms with Crippen LogP contribution < -0.4 is 5.32 Å². The summed E-state index contributed by atoms with van der Waals surface area (Å²) in [5, 5.41) is 3.91. The van der Waals surface area contributed by atoms with Crippen molar-refractivity contribution in [1.82, 2.24) is 4.98 Å². The lowest BCUT2D eigenvalue weighted by atomic mass is 10.2. The van der Waals surface area contributed by atoms with Crippen LogP contribution in [-0.4, -0.2) is 10.9 Å². The van der Waals surface area contributed by atoms with E-state index in [4.69, 9.17) is 0 Å². The van der Waals surface area contributed by atoms with Crippen molar-refractivity contribution in [2.75, 3.05) is 5.32 Å². The van der Waals surface area contributed by atoms with E-state index in [2.05, 4.69) is 26.2 Å². The average Bonchev–Trinajstić information content (AvgIpc) is 2.86. The summed E-state index contributed by atoms with van der Waals surface area (Å²) in [5.41, 5.74) is 1.53. The summed E-state index contributed by atoms with van der Waals surface area (Å²) in [6.07, 6.45) is 1.72. The number of fused-ring (bicyclic) bond motifs is 1. The van der Waals surface area contributed by atoms with Gasteiger partial charge in [-0.05, 0) is 40.2 Å². The van der Waals surface area contributed by atoms with Crippen LogP contribution in [0.25, 0.3) is 10.9 Å². The number of halogens is 1. The maximum absolute atomic E-state index is 12.1. The fourth-order valence-corrected chi connectivity index (χ4v) is 3.11. The van der Waals surface area contributed by atoms with E-state index in [-0.39, 0.29) is 5.91 Å². The zero-order valence-electron chi connectivity index (χ0n) is 9.76. The number of rotatable bonds is 2. The number of thiophene rings is 1. The van der Waals surface area contributed by atoms with Crippen LogP contribution >= 0.6 is 27.3 Å². The van der Waals surface area contributed by atoms with Crippen LogP contribution in [0.1, 0.15) is 9.67 Å². The molecule has 0 radical (unpaired) electrons. The molecule has 1 amide bonds. The second kappa shape index (κ2) is 5.11. The maximum atomic E-state index is 12.1. The van der Waals surface area contributed by atoms with Crippen LogP contribution in [0.4, 0.5) is 5.69 Å². The van der Waals surface area contributed by atoms with Crippen molar-refractivity contribution in [2.24, 2.45) is 0 Å². The zero-order valence-corrected chi connectivity index (χ0v) is 12.2. The van der Waals surface area contributed by atoms with E-state index in [1.165, 1.54) is 11.3 Å². The Labute approximate surface area is 122 Å². The zero-order chi connectivity index (χ0) is 13.2. The van der Waals surface area contributed by atoms with Gasteiger partial charge in [0.1, 0.15) is 0 Å². The van der Waals surface area contributed by atoms with Crippen molar-refractivity contribution in [3.05, 3.63) is 57.3 Å². The van der Waals surface area contributed by atoms with Gasteiger partial charge in [-0.15, -0.1) is 11.3 Å². The third-order valence-electron chi connectivity index (χ3n) is 2.68. The molecule has 3 nitrogen and oxygen atoms in total. The quantitative estimate of drug-likeness (QED) is 0.759. The van der Waals surface area contributed by atoms with E-state index in [0.29, 0.717) is 4.88 Å². The molecule has 1 N–H and O–H groups in total. The summed E-state index contributed by atoms with van der Waals surface area (Å²) >= 11 is 4.76. The number of nitrogens with zero attached hydrogens (tertiary/aromatic N) is 1. The van der Waals surface area contributed by atoms with Gasteiger partial charge in [0.15, 0.2) is 0 Å². The van der Waals surface area contributed by atoms with Gasteiger partial charge in [-0.25, -0.2) is 0 Å². The Hall–Kier alpha value is -1.72. The van der Waals surface area contributed by atoms with Crippen molar-refractivity contribution in [2.45, 2.75) is 0 Å². The number of hydrogen-bond donors (Lipinski definition) is 1. The molecule has 5 heteroatoms. The molecule has 2 aromatic heterocycles. The molecule has 0 atom stereocenters. The van der Waals surface area contributed by atoms with Gasteiger partial charge in [0.05, 0.1) is 19.9 Å². The number of carbonyl (C=O) groups excluding carboxylic acids is 1. The SMILES string of the molecule is O=C(Nc1cccc2cccnc12)c1ccc(Br)s1. The number of aromatic nitrogens is 1. The van der Waals surface area contributed by atoms with E-state index in [1.54, 1.807) is 12.3 Å². The second-order valence-electron chi connectivity index (χ2n) is 3.94. The number of nitrogens with one attached hydrogen (secondary N) is 1. The van der Waals surface area contributed by atoms with Crippen molar-refractivity contribution in [3.8, 4) is 0 Å². The van der Waals surface area contributed by atoms with Gasteiger partial charge in [-0.1, -0.05) is 18.2 Å². The maximum Gasteiger partial charge on any atom is 0.265 e. The predicted octanol–water partition coefficient (Wildman–Crippen LogP) is 4.31. The van der Waals surface area contributed by atoms with Gasteiger partial charge in [0.2, 0.25) is 0 Å². The predicted molar refractivity (Wildman–Crippen MR) is 81.7 cm³/mol. The van der Waals surface area contributed by atoms with Crippen LogP contribution in [0, 0.1) is 0 Å². The van der Waals surface area contributed by atoms with Gasteiger partial charge in [-0.3, -0.25) is 9.78 Å². The minimum Gasteiger partial charge on any atom is -0.319 e. The van der Waals surface area contributed by atoms with E-state index < -0.39 is 0 Å². The minimum atomic E-state index is -0.117. The summed E-state index contributed by atoms with van der Waals surface area (Å²) in [7, 11) is 0. The largest absolute Gasteiger partial charge is 0.319 e. The highest BCUT2D eigenvalue weighted by molar-refractivity contribution is 9.11. The number of hydrogen-bond acceptors (Lipinski definition) is 3. The number of pyridine rings is 1. The first-order chi connectivity index (χ1) is 9.24. The molecule has 94 valence electrons. The lowest BCUT2D eigenvalue weighted by Crippen LogP contribution is -2.10. The highest BCUT2D eigenvalue weighted by atomic mass is 79.9. The first-order valence-electron chi connectivity index (χ1n) is 5.64. The van der Waals surface area contributed by atoms with E-state index in [1.807, 2.05) is 36.4 Å². The smallest absolute Gasteiger partial charge is 0.265 e. The van der Waals surface area contributed by atoms with Crippen LogP contribution in [0.3, 0.4) is 0 Å². The van der Waals surface area contributed by atoms with Gasteiger partial charge >= 0.3 is 0 Å². The Morgan fingerprint density at radius 1 is 1.16 bits per heavy atom. The molecule has 0 spiro atoms. The summed E-state index contributed by atoms with van der Waals surface area (Å²) < 4.78 is 0.939. The minimum absolute atomic E-state index is 0.117. The van der Waals surface area contributed by atoms with E-state index in [0.717, 1.165) is 20.4 Å². The van der Waals surface area contributed by atoms with E-state index in [9.17, 15) is 4.79 Å². The molecule has 0 aliphatic heterocycles. The van der Waals surface area contributed by atoms with Crippen molar-refractivity contribution < 1.29 is 4.79 Å². The number of benzene rings is 1. The van der Waals surface area contributed by atoms with Gasteiger partial charge in [0.25, 0.3) is 5.91 Å². The topological polar surface area (TPSA) is 42.0 Å². The third-order valence-corrected chi connectivity index (χ3v) is 4.30. The van der Waals surface area contributed by atoms with Crippen LogP contribution in [0.2, 0.25) is 0 Å². The molecule has 0 saturated heterocycles. The number of carbonyl (C=O) groups is 1. The molecule has 19 heavy (non-hydrogen) atoms. The number of anilines is 1. The lowest BCUT2D eigenvalue weighted by molar-refractivity contribution is 0.103. The first-order valence-corrected chi connectivity index (χ1v) is 7.25. The molecular weight excluding hydrogens is 324 g/mol. The Balaban J connectivity index is 1.95. The Kier molecular flexibility index (Phi) is 3.31. The highest BCUT2D eigenvalue weighted by Crippen LogP contribution is 2.25. The molecule has 0 saturated carbocycles. The molecule has 0 aliphatic carbocycles. The van der Waals surface area contributed by atoms with Crippen LogP contribution in [-0.2, 0) is 0 Å². The lowest BCUT2D eigenvalue weighted by Gasteiger charge is -2.06. The average molecular weight is 333 g/mol. The monoisotopic (exact) mass is 332 g/mol.